The Morgan fingerprint density at radius 1 is 1.62 bits per heavy atom. The number of rotatable bonds is 3. The first-order valence-electron chi connectivity index (χ1n) is 4.52. The molecule has 0 aliphatic rings. The molecule has 0 fully saturated rings. The molecule has 0 saturated heterocycles. The van der Waals surface area contributed by atoms with Gasteiger partial charge in [-0.3, -0.25) is 0 Å². The van der Waals surface area contributed by atoms with E-state index in [1.165, 1.54) is 6.20 Å². The molecule has 0 aromatic carbocycles. The third-order valence-electron chi connectivity index (χ3n) is 2.06. The Morgan fingerprint density at radius 2 is 2.31 bits per heavy atom. The largest absolute Gasteiger partial charge is 0.324 e. The summed E-state index contributed by atoms with van der Waals surface area (Å²) >= 11 is 0. The Labute approximate surface area is 78.0 Å². The van der Waals surface area contributed by atoms with Crippen molar-refractivity contribution >= 4 is 0 Å². The van der Waals surface area contributed by atoms with Crippen molar-refractivity contribution in [1.29, 1.82) is 0 Å². The zero-order chi connectivity index (χ0) is 9.84. The third-order valence-corrected chi connectivity index (χ3v) is 2.06. The maximum atomic E-state index is 12.8. The van der Waals surface area contributed by atoms with Gasteiger partial charge in [0.2, 0.25) is 5.95 Å². The van der Waals surface area contributed by atoms with Gasteiger partial charge in [-0.2, -0.15) is 4.39 Å². The summed E-state index contributed by atoms with van der Waals surface area (Å²) in [7, 11) is 0. The fraction of sp³-hybridized carbons (Fsp3) is 0.500. The van der Waals surface area contributed by atoms with E-state index in [2.05, 4.69) is 11.9 Å². The molecule has 13 heavy (non-hydrogen) atoms. The molecule has 1 rings (SSSR count). The Balaban J connectivity index is 2.84. The molecular weight excluding hydrogens is 167 g/mol. The first-order valence-corrected chi connectivity index (χ1v) is 4.52. The number of pyridine rings is 1. The highest BCUT2D eigenvalue weighted by molar-refractivity contribution is 5.20. The lowest BCUT2D eigenvalue weighted by atomic mass is 10.0. The number of hydrogen-bond donors (Lipinski definition) is 1. The van der Waals surface area contributed by atoms with Gasteiger partial charge in [-0.05, 0) is 25.0 Å². The van der Waals surface area contributed by atoms with Crippen molar-refractivity contribution in [1.82, 2.24) is 4.98 Å². The summed E-state index contributed by atoms with van der Waals surface area (Å²) in [6.45, 7) is 3.77. The summed E-state index contributed by atoms with van der Waals surface area (Å²) in [4.78, 5) is 3.64. The lowest BCUT2D eigenvalue weighted by Crippen LogP contribution is -2.10. The minimum absolute atomic E-state index is 0.0169. The Morgan fingerprint density at radius 3 is 2.85 bits per heavy atom. The second-order valence-electron chi connectivity index (χ2n) is 3.27. The van der Waals surface area contributed by atoms with Gasteiger partial charge in [-0.1, -0.05) is 13.3 Å². The van der Waals surface area contributed by atoms with Crippen LogP contribution in [0.15, 0.2) is 12.3 Å². The van der Waals surface area contributed by atoms with E-state index in [1.54, 1.807) is 13.0 Å². The number of halogens is 1. The zero-order valence-electron chi connectivity index (χ0n) is 8.05. The fourth-order valence-electron chi connectivity index (χ4n) is 1.26. The molecule has 0 aliphatic heterocycles. The van der Waals surface area contributed by atoms with Gasteiger partial charge in [-0.15, -0.1) is 0 Å². The van der Waals surface area contributed by atoms with E-state index in [1.807, 2.05) is 0 Å². The van der Waals surface area contributed by atoms with E-state index in [9.17, 15) is 4.39 Å². The highest BCUT2D eigenvalue weighted by Crippen LogP contribution is 2.16. The molecule has 0 aliphatic carbocycles. The van der Waals surface area contributed by atoms with Crippen molar-refractivity contribution in [2.45, 2.75) is 32.7 Å². The first-order chi connectivity index (χ1) is 6.15. The summed E-state index contributed by atoms with van der Waals surface area (Å²) < 4.78 is 12.8. The van der Waals surface area contributed by atoms with Crippen molar-refractivity contribution in [3.63, 3.8) is 0 Å². The van der Waals surface area contributed by atoms with Crippen molar-refractivity contribution in [2.75, 3.05) is 0 Å². The second-order valence-corrected chi connectivity index (χ2v) is 3.27. The minimum Gasteiger partial charge on any atom is -0.324 e. The quantitative estimate of drug-likeness (QED) is 0.728. The number of aryl methyl sites for hydroxylation is 1. The lowest BCUT2D eigenvalue weighted by Gasteiger charge is -2.10. The maximum absolute atomic E-state index is 12.8. The predicted octanol–water partition coefficient (Wildman–Crippen LogP) is 2.33. The van der Waals surface area contributed by atoms with Crippen LogP contribution in [0.5, 0.6) is 0 Å². The summed E-state index contributed by atoms with van der Waals surface area (Å²) in [5, 5.41) is 0. The Bertz CT molecular complexity index is 286. The first kappa shape index (κ1) is 10.1. The molecule has 1 aromatic rings. The molecule has 0 amide bonds. The van der Waals surface area contributed by atoms with Crippen LogP contribution in [0, 0.1) is 12.9 Å². The highest BCUT2D eigenvalue weighted by atomic mass is 19.1. The average molecular weight is 182 g/mol. The Kier molecular flexibility index (Phi) is 3.37. The van der Waals surface area contributed by atoms with Crippen molar-refractivity contribution in [3.8, 4) is 0 Å². The monoisotopic (exact) mass is 182 g/mol. The second kappa shape index (κ2) is 4.33. The van der Waals surface area contributed by atoms with Gasteiger partial charge in [-0.25, -0.2) is 4.98 Å². The van der Waals surface area contributed by atoms with Gasteiger partial charge in [0.15, 0.2) is 0 Å². The average Bonchev–Trinajstić information content (AvgIpc) is 2.10. The SMILES string of the molecule is CCC[C@H](N)c1cnc(F)c(C)c1. The van der Waals surface area contributed by atoms with E-state index in [0.717, 1.165) is 18.4 Å². The van der Waals surface area contributed by atoms with Crippen LogP contribution in [0.4, 0.5) is 4.39 Å². The highest BCUT2D eigenvalue weighted by Gasteiger charge is 2.07. The number of nitrogens with zero attached hydrogens (tertiary/aromatic N) is 1. The molecule has 2 nitrogen and oxygen atoms in total. The van der Waals surface area contributed by atoms with E-state index in [0.29, 0.717) is 5.56 Å². The maximum Gasteiger partial charge on any atom is 0.215 e. The van der Waals surface area contributed by atoms with E-state index in [4.69, 9.17) is 5.73 Å². The van der Waals surface area contributed by atoms with Gasteiger partial charge in [0, 0.05) is 17.8 Å². The van der Waals surface area contributed by atoms with Crippen molar-refractivity contribution < 1.29 is 4.39 Å². The predicted molar refractivity (Wildman–Crippen MR) is 50.8 cm³/mol. The molecule has 1 atom stereocenters. The van der Waals surface area contributed by atoms with Crippen molar-refractivity contribution in [3.05, 3.63) is 29.3 Å². The van der Waals surface area contributed by atoms with E-state index in [-0.39, 0.29) is 6.04 Å². The summed E-state index contributed by atoms with van der Waals surface area (Å²) in [5.74, 6) is -0.410. The molecular formula is C10H15FN2. The van der Waals surface area contributed by atoms with E-state index < -0.39 is 5.95 Å². The smallest absolute Gasteiger partial charge is 0.215 e. The lowest BCUT2D eigenvalue weighted by molar-refractivity contribution is 0.566. The summed E-state index contributed by atoms with van der Waals surface area (Å²) in [5.41, 5.74) is 7.34. The molecule has 1 heterocycles. The Hall–Kier alpha value is -0.960. The number of hydrogen-bond acceptors (Lipinski definition) is 2. The molecule has 72 valence electrons. The van der Waals surface area contributed by atoms with Crippen LogP contribution in [0.25, 0.3) is 0 Å². The van der Waals surface area contributed by atoms with Crippen molar-refractivity contribution in [2.24, 2.45) is 5.73 Å². The number of aromatic nitrogens is 1. The normalized spacial score (nSPS) is 12.9. The fourth-order valence-corrected chi connectivity index (χ4v) is 1.26. The molecule has 0 unspecified atom stereocenters. The molecule has 0 spiro atoms. The third kappa shape index (κ3) is 2.49. The van der Waals surface area contributed by atoms with Crippen LogP contribution in [-0.4, -0.2) is 4.98 Å². The van der Waals surface area contributed by atoms with Gasteiger partial charge in [0.05, 0.1) is 0 Å². The summed E-state index contributed by atoms with van der Waals surface area (Å²) in [6.07, 6.45) is 3.45. The van der Waals surface area contributed by atoms with Crippen LogP contribution in [-0.2, 0) is 0 Å². The number of nitrogens with two attached hydrogens (primary N) is 1. The van der Waals surface area contributed by atoms with Crippen LogP contribution in [0.2, 0.25) is 0 Å². The van der Waals surface area contributed by atoms with E-state index >= 15 is 0 Å². The van der Waals surface area contributed by atoms with Crippen LogP contribution in [0.1, 0.15) is 36.9 Å². The summed E-state index contributed by atoms with van der Waals surface area (Å²) in [6, 6.07) is 1.75. The van der Waals surface area contributed by atoms with Crippen LogP contribution in [0.3, 0.4) is 0 Å². The zero-order valence-corrected chi connectivity index (χ0v) is 8.05. The topological polar surface area (TPSA) is 38.9 Å². The van der Waals surface area contributed by atoms with Crippen LogP contribution < -0.4 is 5.73 Å². The molecule has 0 saturated carbocycles. The molecule has 3 heteroatoms. The van der Waals surface area contributed by atoms with Gasteiger partial charge < -0.3 is 5.73 Å². The van der Waals surface area contributed by atoms with Crippen LogP contribution >= 0.6 is 0 Å². The molecule has 0 bridgehead atoms. The minimum atomic E-state index is -0.410. The van der Waals surface area contributed by atoms with Gasteiger partial charge in [0.25, 0.3) is 0 Å². The molecule has 1 aromatic heterocycles. The molecule has 0 radical (unpaired) electrons. The standard InChI is InChI=1S/C10H15FN2/c1-3-4-9(12)8-5-7(2)10(11)13-6-8/h5-6,9H,3-4,12H2,1-2H3/t9-/m0/s1. The molecule has 2 N–H and O–H groups in total. The van der Waals surface area contributed by atoms with Gasteiger partial charge in [0.1, 0.15) is 0 Å². The van der Waals surface area contributed by atoms with Gasteiger partial charge >= 0.3 is 0 Å².